The number of carbonyl (C=O) groups excluding carboxylic acids is 1. The van der Waals surface area contributed by atoms with E-state index in [1.807, 2.05) is 35.2 Å². The summed E-state index contributed by atoms with van der Waals surface area (Å²) >= 11 is 0. The monoisotopic (exact) mass is 328 g/mol. The van der Waals surface area contributed by atoms with Crippen molar-refractivity contribution >= 4 is 5.91 Å². The van der Waals surface area contributed by atoms with Crippen molar-refractivity contribution in [2.45, 2.75) is 45.3 Å². The molecule has 2 atom stereocenters. The zero-order chi connectivity index (χ0) is 16.9. The number of hydrogen-bond acceptors (Lipinski definition) is 5. The predicted molar refractivity (Wildman–Crippen MR) is 91.1 cm³/mol. The van der Waals surface area contributed by atoms with Gasteiger partial charge in [0.15, 0.2) is 0 Å². The Bertz CT molecular complexity index is 661. The second kappa shape index (κ2) is 7.53. The highest BCUT2D eigenvalue weighted by Gasteiger charge is 2.24. The fraction of sp³-hybridized carbons (Fsp3) is 0.529. The second-order valence-corrected chi connectivity index (χ2v) is 6.45. The Morgan fingerprint density at radius 1 is 1.21 bits per heavy atom. The lowest BCUT2D eigenvalue weighted by Crippen LogP contribution is -2.55. The minimum absolute atomic E-state index is 0.207. The quantitative estimate of drug-likeness (QED) is 0.896. The van der Waals surface area contributed by atoms with Crippen molar-refractivity contribution in [3.8, 4) is 11.4 Å². The van der Waals surface area contributed by atoms with Gasteiger partial charge in [-0.2, -0.15) is 4.80 Å². The van der Waals surface area contributed by atoms with Crippen molar-refractivity contribution in [2.24, 2.45) is 0 Å². The maximum absolute atomic E-state index is 12.3. The molecular formula is C17H24N6O. The van der Waals surface area contributed by atoms with Gasteiger partial charge < -0.3 is 10.2 Å². The number of amides is 1. The molecule has 7 nitrogen and oxygen atoms in total. The third kappa shape index (κ3) is 4.17. The molecular weight excluding hydrogens is 304 g/mol. The zero-order valence-corrected chi connectivity index (χ0v) is 14.2. The van der Waals surface area contributed by atoms with E-state index in [0.717, 1.165) is 25.1 Å². The highest BCUT2D eigenvalue weighted by Crippen LogP contribution is 2.12. The van der Waals surface area contributed by atoms with Crippen molar-refractivity contribution in [3.05, 3.63) is 30.3 Å². The molecule has 0 saturated carbocycles. The summed E-state index contributed by atoms with van der Waals surface area (Å²) in [6, 6.07) is 10.5. The molecule has 0 radical (unpaired) electrons. The van der Waals surface area contributed by atoms with Crippen LogP contribution in [0.25, 0.3) is 11.4 Å². The summed E-state index contributed by atoms with van der Waals surface area (Å²) < 4.78 is 0. The Kier molecular flexibility index (Phi) is 5.20. The SMILES string of the molecule is C[C@@H]1CN(C(=O)CCCn2nnc(-c3ccccc3)n2)C[C@H](C)N1. The molecule has 1 N–H and O–H groups in total. The van der Waals surface area contributed by atoms with E-state index in [2.05, 4.69) is 34.6 Å². The number of carbonyl (C=O) groups is 1. The van der Waals surface area contributed by atoms with Crippen LogP contribution in [0.3, 0.4) is 0 Å². The van der Waals surface area contributed by atoms with Crippen LogP contribution < -0.4 is 5.32 Å². The van der Waals surface area contributed by atoms with Crippen molar-refractivity contribution in [1.82, 2.24) is 30.4 Å². The van der Waals surface area contributed by atoms with Crippen LogP contribution in [-0.4, -0.2) is 56.2 Å². The lowest BCUT2D eigenvalue weighted by atomic mass is 10.1. The highest BCUT2D eigenvalue weighted by molar-refractivity contribution is 5.76. The summed E-state index contributed by atoms with van der Waals surface area (Å²) in [5.41, 5.74) is 0.948. The van der Waals surface area contributed by atoms with Crippen molar-refractivity contribution < 1.29 is 4.79 Å². The Hall–Kier alpha value is -2.28. The predicted octanol–water partition coefficient (Wildman–Crippen LogP) is 1.33. The van der Waals surface area contributed by atoms with Crippen LogP contribution in [-0.2, 0) is 11.3 Å². The van der Waals surface area contributed by atoms with Gasteiger partial charge in [0.25, 0.3) is 0 Å². The van der Waals surface area contributed by atoms with Crippen molar-refractivity contribution in [2.75, 3.05) is 13.1 Å². The lowest BCUT2D eigenvalue weighted by Gasteiger charge is -2.36. The first kappa shape index (κ1) is 16.6. The number of nitrogens with one attached hydrogen (secondary N) is 1. The van der Waals surface area contributed by atoms with Gasteiger partial charge in [-0.25, -0.2) is 0 Å². The van der Waals surface area contributed by atoms with Gasteiger partial charge in [0.2, 0.25) is 11.7 Å². The number of nitrogens with zero attached hydrogens (tertiary/aromatic N) is 5. The molecule has 128 valence electrons. The van der Waals surface area contributed by atoms with Crippen LogP contribution in [0.1, 0.15) is 26.7 Å². The number of aromatic nitrogens is 4. The lowest BCUT2D eigenvalue weighted by molar-refractivity contribution is -0.133. The second-order valence-electron chi connectivity index (χ2n) is 6.45. The van der Waals surface area contributed by atoms with E-state index in [-0.39, 0.29) is 5.91 Å². The number of aryl methyl sites for hydroxylation is 1. The van der Waals surface area contributed by atoms with Gasteiger partial charge in [-0.1, -0.05) is 30.3 Å². The molecule has 2 aromatic rings. The number of rotatable bonds is 5. The van der Waals surface area contributed by atoms with E-state index < -0.39 is 0 Å². The third-order valence-corrected chi connectivity index (χ3v) is 4.14. The number of tetrazole rings is 1. The molecule has 0 spiro atoms. The fourth-order valence-electron chi connectivity index (χ4n) is 3.10. The van der Waals surface area contributed by atoms with Crippen molar-refractivity contribution in [1.29, 1.82) is 0 Å². The summed E-state index contributed by atoms with van der Waals surface area (Å²) in [5, 5.41) is 16.0. The maximum Gasteiger partial charge on any atom is 0.222 e. The van der Waals surface area contributed by atoms with E-state index in [4.69, 9.17) is 0 Å². The average molecular weight is 328 g/mol. The van der Waals surface area contributed by atoms with Crippen LogP contribution in [0.2, 0.25) is 0 Å². The highest BCUT2D eigenvalue weighted by atomic mass is 16.2. The molecule has 2 heterocycles. The van der Waals surface area contributed by atoms with Gasteiger partial charge in [0.05, 0.1) is 6.54 Å². The Balaban J connectivity index is 1.48. The Labute approximate surface area is 142 Å². The van der Waals surface area contributed by atoms with E-state index in [9.17, 15) is 4.79 Å². The molecule has 3 rings (SSSR count). The normalized spacial score (nSPS) is 21.0. The van der Waals surface area contributed by atoms with E-state index in [0.29, 0.717) is 30.9 Å². The van der Waals surface area contributed by atoms with Crippen LogP contribution in [0, 0.1) is 0 Å². The molecule has 1 aliphatic heterocycles. The summed E-state index contributed by atoms with van der Waals surface area (Å²) in [6.45, 7) is 6.38. The van der Waals surface area contributed by atoms with E-state index in [1.54, 1.807) is 4.80 Å². The summed E-state index contributed by atoms with van der Waals surface area (Å²) in [5.74, 6) is 0.824. The third-order valence-electron chi connectivity index (χ3n) is 4.14. The van der Waals surface area contributed by atoms with Crippen molar-refractivity contribution in [3.63, 3.8) is 0 Å². The molecule has 1 amide bonds. The first-order valence-corrected chi connectivity index (χ1v) is 8.49. The van der Waals surface area contributed by atoms with Gasteiger partial charge in [0, 0.05) is 37.2 Å². The van der Waals surface area contributed by atoms with Gasteiger partial charge >= 0.3 is 0 Å². The van der Waals surface area contributed by atoms with Crippen LogP contribution in [0.4, 0.5) is 0 Å². The molecule has 1 aliphatic rings. The molecule has 7 heteroatoms. The molecule has 1 saturated heterocycles. The maximum atomic E-state index is 12.3. The van der Waals surface area contributed by atoms with Crippen LogP contribution >= 0.6 is 0 Å². The van der Waals surface area contributed by atoms with Gasteiger partial charge in [-0.05, 0) is 25.5 Å². The first-order chi connectivity index (χ1) is 11.6. The molecule has 0 aliphatic carbocycles. The summed E-state index contributed by atoms with van der Waals surface area (Å²) in [7, 11) is 0. The summed E-state index contributed by atoms with van der Waals surface area (Å²) in [4.78, 5) is 15.9. The van der Waals surface area contributed by atoms with Gasteiger partial charge in [-0.15, -0.1) is 10.2 Å². The minimum Gasteiger partial charge on any atom is -0.340 e. The van der Waals surface area contributed by atoms with Gasteiger partial charge in [0.1, 0.15) is 0 Å². The molecule has 24 heavy (non-hydrogen) atoms. The van der Waals surface area contributed by atoms with Crippen LogP contribution in [0.15, 0.2) is 30.3 Å². The number of piperazine rings is 1. The smallest absolute Gasteiger partial charge is 0.222 e. The molecule has 1 aromatic carbocycles. The average Bonchev–Trinajstić information content (AvgIpc) is 3.03. The summed E-state index contributed by atoms with van der Waals surface area (Å²) in [6.07, 6.45) is 1.23. The Morgan fingerprint density at radius 3 is 2.62 bits per heavy atom. The zero-order valence-electron chi connectivity index (χ0n) is 14.2. The van der Waals surface area contributed by atoms with E-state index >= 15 is 0 Å². The number of hydrogen-bond donors (Lipinski definition) is 1. The molecule has 0 unspecified atom stereocenters. The Morgan fingerprint density at radius 2 is 1.92 bits per heavy atom. The minimum atomic E-state index is 0.207. The standard InChI is InChI=1S/C17H24N6O/c1-13-11-22(12-14(2)18-13)16(24)9-6-10-23-20-17(19-21-23)15-7-4-3-5-8-15/h3-5,7-8,13-14,18H,6,9-12H2,1-2H3/t13-,14+. The number of benzene rings is 1. The molecule has 1 fully saturated rings. The topological polar surface area (TPSA) is 75.9 Å². The van der Waals surface area contributed by atoms with Gasteiger partial charge in [-0.3, -0.25) is 4.79 Å². The first-order valence-electron chi connectivity index (χ1n) is 8.49. The molecule has 1 aromatic heterocycles. The largest absolute Gasteiger partial charge is 0.340 e. The van der Waals surface area contributed by atoms with E-state index in [1.165, 1.54) is 0 Å². The fourth-order valence-corrected chi connectivity index (χ4v) is 3.10. The molecule has 0 bridgehead atoms. The van der Waals surface area contributed by atoms with Crippen LogP contribution in [0.5, 0.6) is 0 Å².